The monoisotopic (exact) mass is 517 g/mol. The van der Waals surface area contributed by atoms with Crippen LogP contribution in [0.25, 0.3) is 0 Å². The highest BCUT2D eigenvalue weighted by Crippen LogP contribution is 2.65. The highest BCUT2D eigenvalue weighted by molar-refractivity contribution is 7.78. The lowest BCUT2D eigenvalue weighted by molar-refractivity contribution is -0.198. The molecule has 6 rings (SSSR count). The molecule has 2 N–H and O–H groups in total. The maximum absolute atomic E-state index is 13.5. The van der Waals surface area contributed by atoms with Gasteiger partial charge in [-0.05, 0) is 73.8 Å². The summed E-state index contributed by atoms with van der Waals surface area (Å²) < 4.78 is 6.58. The number of piperidine rings is 1. The molecule has 5 atom stereocenters. The van der Waals surface area contributed by atoms with Gasteiger partial charge in [0.15, 0.2) is 11.5 Å². The lowest BCUT2D eigenvalue weighted by Crippen LogP contribution is -2.78. The topological polar surface area (TPSA) is 85.6 Å². The number of aliphatic hydroxyl groups is 1. The summed E-state index contributed by atoms with van der Waals surface area (Å²) in [4.78, 5) is 21.7. The van der Waals surface area contributed by atoms with Crippen molar-refractivity contribution in [1.29, 1.82) is 0 Å². The van der Waals surface area contributed by atoms with Gasteiger partial charge in [0.05, 0.1) is 34.3 Å². The number of ether oxygens (including phenoxy) is 1. The van der Waals surface area contributed by atoms with Gasteiger partial charge in [0.2, 0.25) is 5.91 Å². The fourth-order valence-corrected chi connectivity index (χ4v) is 7.76. The highest BCUT2D eigenvalue weighted by atomic mass is 32.1. The Bertz CT molecular complexity index is 1340. The van der Waals surface area contributed by atoms with Crippen LogP contribution in [0.4, 0.5) is 5.69 Å². The molecular weight excluding hydrogens is 486 g/mol. The van der Waals surface area contributed by atoms with Crippen LogP contribution in [0.2, 0.25) is 0 Å². The number of thiocarbonyl (C=S) groups is 1. The van der Waals surface area contributed by atoms with E-state index in [9.17, 15) is 15.0 Å². The third-order valence-electron chi connectivity index (χ3n) is 9.24. The first kappa shape index (κ1) is 24.3. The van der Waals surface area contributed by atoms with Crippen LogP contribution in [0.1, 0.15) is 36.0 Å². The number of likely N-dealkylation sites (N-methyl/N-ethyl adjacent to an activating group) is 1. The molecule has 37 heavy (non-hydrogen) atoms. The fraction of sp³-hybridized carbons (Fsp3) is 0.448. The summed E-state index contributed by atoms with van der Waals surface area (Å²) >= 11 is 4.71. The molecule has 7 nitrogen and oxygen atoms in total. The van der Waals surface area contributed by atoms with E-state index in [4.69, 9.17) is 17.0 Å². The Hall–Kier alpha value is -3.03. The van der Waals surface area contributed by atoms with E-state index in [0.717, 1.165) is 23.2 Å². The molecule has 2 fully saturated rings. The van der Waals surface area contributed by atoms with Crippen molar-refractivity contribution in [3.63, 3.8) is 0 Å². The molecule has 1 saturated heterocycles. The molecule has 0 radical (unpaired) electrons. The Balaban J connectivity index is 1.37. The molecule has 2 aromatic carbocycles. The molecule has 2 unspecified atom stereocenters. The second kappa shape index (κ2) is 8.77. The number of likely N-dealkylation sites (tertiary alicyclic amines) is 1. The van der Waals surface area contributed by atoms with Crippen LogP contribution in [-0.4, -0.2) is 75.0 Å². The normalized spacial score (nSPS) is 31.0. The number of nitrogens with zero attached hydrogens (tertiary/aromatic N) is 3. The van der Waals surface area contributed by atoms with Gasteiger partial charge in [-0.2, -0.15) is 4.99 Å². The van der Waals surface area contributed by atoms with E-state index in [1.165, 1.54) is 0 Å². The lowest BCUT2D eigenvalue weighted by atomic mass is 9.48. The minimum atomic E-state index is -1.02. The van der Waals surface area contributed by atoms with Crippen LogP contribution < -0.4 is 4.74 Å². The number of aliphatic imine (C=N–C) groups is 1. The van der Waals surface area contributed by atoms with Crippen molar-refractivity contribution in [1.82, 2.24) is 9.80 Å². The van der Waals surface area contributed by atoms with E-state index >= 15 is 0 Å². The summed E-state index contributed by atoms with van der Waals surface area (Å²) in [5.74, 6) is 0.547. The maximum atomic E-state index is 13.5. The SMILES string of the molecule is C=CCN1CC[C@]23c4c5ccc(O)c4OC2C(N(C)C(=O)Cc2cccc(N=C=S)c2)CC[C@@]3(O)[C@H]1C5. The summed E-state index contributed by atoms with van der Waals surface area (Å²) in [5.41, 5.74) is 1.89. The van der Waals surface area contributed by atoms with E-state index < -0.39 is 17.1 Å². The first-order valence-electron chi connectivity index (χ1n) is 12.9. The van der Waals surface area contributed by atoms with Gasteiger partial charge in [-0.1, -0.05) is 24.3 Å². The molecule has 4 aliphatic rings. The second-order valence-corrected chi connectivity index (χ2v) is 11.0. The summed E-state index contributed by atoms with van der Waals surface area (Å²) in [7, 11) is 1.83. The van der Waals surface area contributed by atoms with Crippen LogP contribution in [0.5, 0.6) is 11.5 Å². The smallest absolute Gasteiger partial charge is 0.227 e. The molecule has 0 aromatic heterocycles. The number of phenolic OH excluding ortho intramolecular Hbond substituents is 1. The number of aromatic hydroxyl groups is 1. The maximum Gasteiger partial charge on any atom is 0.227 e. The average Bonchev–Trinajstić information content (AvgIpc) is 3.23. The highest BCUT2D eigenvalue weighted by Gasteiger charge is 2.73. The van der Waals surface area contributed by atoms with Crippen molar-refractivity contribution in [3.05, 3.63) is 65.7 Å². The van der Waals surface area contributed by atoms with Gasteiger partial charge >= 0.3 is 0 Å². The van der Waals surface area contributed by atoms with Crippen molar-refractivity contribution in [3.8, 4) is 11.5 Å². The molecule has 2 aliphatic carbocycles. The molecule has 2 bridgehead atoms. The van der Waals surface area contributed by atoms with Crippen molar-refractivity contribution in [2.24, 2.45) is 4.99 Å². The minimum absolute atomic E-state index is 0.0317. The number of amides is 1. The van der Waals surface area contributed by atoms with Gasteiger partial charge < -0.3 is 19.8 Å². The number of isothiocyanates is 1. The fourth-order valence-electron chi connectivity index (χ4n) is 7.66. The van der Waals surface area contributed by atoms with Gasteiger partial charge in [-0.3, -0.25) is 9.69 Å². The van der Waals surface area contributed by atoms with Gasteiger partial charge in [0.1, 0.15) is 6.10 Å². The minimum Gasteiger partial charge on any atom is -0.504 e. The van der Waals surface area contributed by atoms with Crippen molar-refractivity contribution >= 4 is 29.0 Å². The van der Waals surface area contributed by atoms with Crippen LogP contribution in [-0.2, 0) is 23.1 Å². The third-order valence-corrected chi connectivity index (χ3v) is 9.33. The first-order valence-corrected chi connectivity index (χ1v) is 13.3. The number of hydrogen-bond acceptors (Lipinski definition) is 7. The van der Waals surface area contributed by atoms with E-state index in [2.05, 4.69) is 21.6 Å². The van der Waals surface area contributed by atoms with Crippen LogP contribution in [0.3, 0.4) is 0 Å². The number of phenols is 1. The van der Waals surface area contributed by atoms with E-state index in [-0.39, 0.29) is 30.2 Å². The third kappa shape index (κ3) is 3.36. The van der Waals surface area contributed by atoms with E-state index in [0.29, 0.717) is 43.7 Å². The van der Waals surface area contributed by atoms with E-state index in [1.54, 1.807) is 11.0 Å². The zero-order chi connectivity index (χ0) is 25.9. The molecule has 1 spiro atoms. The summed E-state index contributed by atoms with van der Waals surface area (Å²) in [5, 5.41) is 25.7. The number of hydrogen-bond donors (Lipinski definition) is 2. The molecule has 2 aliphatic heterocycles. The standard InChI is InChI=1S/C29H31N3O4S/c1-3-12-32-13-11-28-25-19-7-8-22(33)26(25)36-27(28)21(9-10-29(28,35)23(32)16-19)31(2)24(34)15-18-5-4-6-20(14-18)30-17-37/h3-8,14,21,23,27,33,35H,1,9-13,15-16H2,2H3/t21?,23-,27?,28+,29-/m1/s1. The zero-order valence-electron chi connectivity index (χ0n) is 20.9. The van der Waals surface area contributed by atoms with Crippen molar-refractivity contribution < 1.29 is 19.7 Å². The molecule has 2 aromatic rings. The first-order chi connectivity index (χ1) is 17.8. The van der Waals surface area contributed by atoms with Crippen LogP contribution in [0.15, 0.2) is 54.0 Å². The van der Waals surface area contributed by atoms with Crippen LogP contribution >= 0.6 is 12.2 Å². The number of benzene rings is 2. The zero-order valence-corrected chi connectivity index (χ0v) is 21.7. The van der Waals surface area contributed by atoms with Gasteiger partial charge in [0.25, 0.3) is 0 Å². The van der Waals surface area contributed by atoms with Crippen LogP contribution in [0, 0.1) is 0 Å². The quantitative estimate of drug-likeness (QED) is 0.346. The summed E-state index contributed by atoms with van der Waals surface area (Å²) in [6.45, 7) is 5.44. The average molecular weight is 518 g/mol. The largest absolute Gasteiger partial charge is 0.504 e. The number of carbonyl (C=O) groups excluding carboxylic acids is 1. The lowest BCUT2D eigenvalue weighted by Gasteiger charge is -2.64. The molecule has 8 heteroatoms. The molecule has 1 amide bonds. The second-order valence-electron chi connectivity index (χ2n) is 10.8. The molecule has 2 heterocycles. The Morgan fingerprint density at radius 3 is 3.00 bits per heavy atom. The van der Waals surface area contributed by atoms with E-state index in [1.807, 2.05) is 43.5 Å². The van der Waals surface area contributed by atoms with Gasteiger partial charge in [0, 0.05) is 25.2 Å². The van der Waals surface area contributed by atoms with Gasteiger partial charge in [-0.15, -0.1) is 6.58 Å². The predicted molar refractivity (Wildman–Crippen MR) is 144 cm³/mol. The number of rotatable bonds is 6. The Morgan fingerprint density at radius 2 is 2.22 bits per heavy atom. The molecule has 192 valence electrons. The summed E-state index contributed by atoms with van der Waals surface area (Å²) in [6.07, 6.45) is 4.23. The Labute approximate surface area is 222 Å². The number of carbonyl (C=O) groups is 1. The molecular formula is C29H31N3O4S. The summed E-state index contributed by atoms with van der Waals surface area (Å²) in [6, 6.07) is 10.8. The van der Waals surface area contributed by atoms with Gasteiger partial charge in [-0.25, -0.2) is 0 Å². The van der Waals surface area contributed by atoms with Crippen molar-refractivity contribution in [2.45, 2.75) is 61.3 Å². The molecule has 1 saturated carbocycles. The Kier molecular flexibility index (Phi) is 5.77. The van der Waals surface area contributed by atoms with Crippen molar-refractivity contribution in [2.75, 3.05) is 20.1 Å². The predicted octanol–water partition coefficient (Wildman–Crippen LogP) is 3.54. The Morgan fingerprint density at radius 1 is 1.38 bits per heavy atom.